The molecule has 0 bridgehead atoms. The Labute approximate surface area is 95.6 Å². The fourth-order valence-electron chi connectivity index (χ4n) is 1.30. The Bertz CT molecular complexity index is 325. The van der Waals surface area contributed by atoms with Gasteiger partial charge in [0, 0.05) is 18.0 Å². The minimum Gasteiger partial charge on any atom is -0.356 e. The Morgan fingerprint density at radius 2 is 2.13 bits per heavy atom. The van der Waals surface area contributed by atoms with Crippen LogP contribution in [0.4, 0.5) is 0 Å². The van der Waals surface area contributed by atoms with E-state index >= 15 is 0 Å². The third kappa shape index (κ3) is 4.34. The summed E-state index contributed by atoms with van der Waals surface area (Å²) in [5.41, 5.74) is 1.03. The zero-order valence-electron chi connectivity index (χ0n) is 8.92. The lowest BCUT2D eigenvalue weighted by molar-refractivity contribution is -0.121. The third-order valence-electron chi connectivity index (χ3n) is 2.15. The van der Waals surface area contributed by atoms with Gasteiger partial charge < -0.3 is 5.32 Å². The SMILES string of the molecule is CCCNC(=O)CCc1ccccc1Cl. The lowest BCUT2D eigenvalue weighted by Crippen LogP contribution is -2.24. The quantitative estimate of drug-likeness (QED) is 0.821. The highest BCUT2D eigenvalue weighted by Crippen LogP contribution is 2.16. The molecular weight excluding hydrogens is 210 g/mol. The van der Waals surface area contributed by atoms with Crippen molar-refractivity contribution in [1.82, 2.24) is 5.32 Å². The Morgan fingerprint density at radius 3 is 2.80 bits per heavy atom. The largest absolute Gasteiger partial charge is 0.356 e. The van der Waals surface area contributed by atoms with E-state index in [1.807, 2.05) is 31.2 Å². The highest BCUT2D eigenvalue weighted by atomic mass is 35.5. The second-order valence-electron chi connectivity index (χ2n) is 3.44. The number of nitrogens with one attached hydrogen (secondary N) is 1. The topological polar surface area (TPSA) is 29.1 Å². The molecule has 1 aromatic carbocycles. The molecule has 2 nitrogen and oxygen atoms in total. The molecule has 1 amide bonds. The van der Waals surface area contributed by atoms with E-state index in [9.17, 15) is 4.79 Å². The van der Waals surface area contributed by atoms with Gasteiger partial charge in [-0.25, -0.2) is 0 Å². The number of rotatable bonds is 5. The molecule has 3 heteroatoms. The molecule has 0 spiro atoms. The van der Waals surface area contributed by atoms with Gasteiger partial charge in [0.25, 0.3) is 0 Å². The van der Waals surface area contributed by atoms with Gasteiger partial charge in [0.05, 0.1) is 0 Å². The van der Waals surface area contributed by atoms with E-state index in [1.165, 1.54) is 0 Å². The highest BCUT2D eigenvalue weighted by Gasteiger charge is 2.03. The van der Waals surface area contributed by atoms with E-state index in [1.54, 1.807) is 0 Å². The zero-order valence-corrected chi connectivity index (χ0v) is 9.68. The second kappa shape index (κ2) is 6.46. The smallest absolute Gasteiger partial charge is 0.220 e. The Hall–Kier alpha value is -1.02. The van der Waals surface area contributed by atoms with Crippen LogP contribution in [0.1, 0.15) is 25.3 Å². The molecule has 0 fully saturated rings. The van der Waals surface area contributed by atoms with Crippen molar-refractivity contribution in [3.05, 3.63) is 34.9 Å². The van der Waals surface area contributed by atoms with E-state index in [4.69, 9.17) is 11.6 Å². The highest BCUT2D eigenvalue weighted by molar-refractivity contribution is 6.31. The molecule has 82 valence electrons. The van der Waals surface area contributed by atoms with Gasteiger partial charge >= 0.3 is 0 Å². The zero-order chi connectivity index (χ0) is 11.1. The van der Waals surface area contributed by atoms with Gasteiger partial charge in [-0.05, 0) is 24.5 Å². The van der Waals surface area contributed by atoms with Crippen molar-refractivity contribution >= 4 is 17.5 Å². The second-order valence-corrected chi connectivity index (χ2v) is 3.85. The maximum absolute atomic E-state index is 11.3. The van der Waals surface area contributed by atoms with Gasteiger partial charge in [-0.2, -0.15) is 0 Å². The Morgan fingerprint density at radius 1 is 1.40 bits per heavy atom. The van der Waals surface area contributed by atoms with Crippen LogP contribution in [0.2, 0.25) is 5.02 Å². The van der Waals surface area contributed by atoms with Gasteiger partial charge in [-0.15, -0.1) is 0 Å². The van der Waals surface area contributed by atoms with E-state index in [2.05, 4.69) is 5.32 Å². The third-order valence-corrected chi connectivity index (χ3v) is 2.52. The van der Waals surface area contributed by atoms with Crippen molar-refractivity contribution < 1.29 is 4.79 Å². The molecule has 1 N–H and O–H groups in total. The molecule has 1 rings (SSSR count). The van der Waals surface area contributed by atoms with Gasteiger partial charge in [0.1, 0.15) is 0 Å². The maximum Gasteiger partial charge on any atom is 0.220 e. The fraction of sp³-hybridized carbons (Fsp3) is 0.417. The predicted molar refractivity (Wildman–Crippen MR) is 63.1 cm³/mol. The molecule has 0 atom stereocenters. The Balaban J connectivity index is 2.37. The number of hydrogen-bond donors (Lipinski definition) is 1. The van der Waals surface area contributed by atoms with Crippen molar-refractivity contribution in [1.29, 1.82) is 0 Å². The maximum atomic E-state index is 11.3. The number of carbonyl (C=O) groups is 1. The van der Waals surface area contributed by atoms with Crippen LogP contribution >= 0.6 is 11.6 Å². The number of amides is 1. The summed E-state index contributed by atoms with van der Waals surface area (Å²) in [6, 6.07) is 7.63. The van der Waals surface area contributed by atoms with Crippen LogP contribution in [0.15, 0.2) is 24.3 Å². The summed E-state index contributed by atoms with van der Waals surface area (Å²) >= 11 is 5.98. The van der Waals surface area contributed by atoms with E-state index in [-0.39, 0.29) is 5.91 Å². The van der Waals surface area contributed by atoms with Crippen molar-refractivity contribution in [2.45, 2.75) is 26.2 Å². The van der Waals surface area contributed by atoms with Gasteiger partial charge in [0.15, 0.2) is 0 Å². The molecule has 1 aromatic rings. The molecule has 0 aliphatic rings. The molecule has 0 radical (unpaired) electrons. The van der Waals surface area contributed by atoms with Crippen LogP contribution in [0.5, 0.6) is 0 Å². The van der Waals surface area contributed by atoms with Crippen LogP contribution in [0.25, 0.3) is 0 Å². The first kappa shape index (κ1) is 12.1. The molecule has 0 saturated heterocycles. The number of halogens is 1. The monoisotopic (exact) mass is 225 g/mol. The molecule has 0 unspecified atom stereocenters. The van der Waals surface area contributed by atoms with Crippen LogP contribution in [-0.2, 0) is 11.2 Å². The lowest BCUT2D eigenvalue weighted by atomic mass is 10.1. The molecule has 0 aromatic heterocycles. The summed E-state index contributed by atoms with van der Waals surface area (Å²) in [5, 5.41) is 3.58. The lowest BCUT2D eigenvalue weighted by Gasteiger charge is -2.04. The van der Waals surface area contributed by atoms with Crippen molar-refractivity contribution in [3.8, 4) is 0 Å². The van der Waals surface area contributed by atoms with Crippen LogP contribution < -0.4 is 5.32 Å². The van der Waals surface area contributed by atoms with Crippen molar-refractivity contribution in [3.63, 3.8) is 0 Å². The summed E-state index contributed by atoms with van der Waals surface area (Å²) < 4.78 is 0. The first-order valence-electron chi connectivity index (χ1n) is 5.24. The standard InChI is InChI=1S/C12H16ClNO/c1-2-9-14-12(15)8-7-10-5-3-4-6-11(10)13/h3-6H,2,7-9H2,1H3,(H,14,15). The first-order chi connectivity index (χ1) is 7.24. The van der Waals surface area contributed by atoms with Crippen LogP contribution in [-0.4, -0.2) is 12.5 Å². The van der Waals surface area contributed by atoms with Crippen molar-refractivity contribution in [2.75, 3.05) is 6.54 Å². The summed E-state index contributed by atoms with van der Waals surface area (Å²) in [5.74, 6) is 0.0942. The minimum absolute atomic E-state index is 0.0942. The average Bonchev–Trinajstić information content (AvgIpc) is 2.25. The van der Waals surface area contributed by atoms with Crippen molar-refractivity contribution in [2.24, 2.45) is 0 Å². The van der Waals surface area contributed by atoms with Crippen LogP contribution in [0.3, 0.4) is 0 Å². The van der Waals surface area contributed by atoms with E-state index in [0.29, 0.717) is 12.8 Å². The van der Waals surface area contributed by atoms with Crippen LogP contribution in [0, 0.1) is 0 Å². The molecule has 0 heterocycles. The molecule has 0 aliphatic heterocycles. The number of carbonyl (C=O) groups excluding carboxylic acids is 1. The molecule has 0 aliphatic carbocycles. The van der Waals surface area contributed by atoms with Gasteiger partial charge in [-0.1, -0.05) is 36.7 Å². The first-order valence-corrected chi connectivity index (χ1v) is 5.62. The Kier molecular flexibility index (Phi) is 5.19. The summed E-state index contributed by atoms with van der Waals surface area (Å²) in [7, 11) is 0. The fourth-order valence-corrected chi connectivity index (χ4v) is 1.53. The number of hydrogen-bond acceptors (Lipinski definition) is 1. The minimum atomic E-state index is 0.0942. The molecule has 0 saturated carbocycles. The van der Waals surface area contributed by atoms with Gasteiger partial charge in [0.2, 0.25) is 5.91 Å². The summed E-state index contributed by atoms with van der Waals surface area (Å²) in [6.07, 6.45) is 2.18. The van der Waals surface area contributed by atoms with Gasteiger partial charge in [-0.3, -0.25) is 4.79 Å². The summed E-state index contributed by atoms with van der Waals surface area (Å²) in [4.78, 5) is 11.3. The summed E-state index contributed by atoms with van der Waals surface area (Å²) in [6.45, 7) is 2.79. The van der Waals surface area contributed by atoms with E-state index in [0.717, 1.165) is 23.6 Å². The normalized spacial score (nSPS) is 10.0. The number of benzene rings is 1. The molecular formula is C12H16ClNO. The average molecular weight is 226 g/mol. The van der Waals surface area contributed by atoms with E-state index < -0.39 is 0 Å². The molecule has 15 heavy (non-hydrogen) atoms. The number of aryl methyl sites for hydroxylation is 1. The predicted octanol–water partition coefficient (Wildman–Crippen LogP) is 2.80.